The van der Waals surface area contributed by atoms with Gasteiger partial charge in [0.05, 0.1) is 5.75 Å². The van der Waals surface area contributed by atoms with Crippen molar-refractivity contribution in [3.05, 3.63) is 11.8 Å². The van der Waals surface area contributed by atoms with Crippen molar-refractivity contribution < 1.29 is 4.79 Å². The van der Waals surface area contributed by atoms with E-state index in [2.05, 4.69) is 25.4 Å². The smallest absolute Gasteiger partial charge is 0.250 e. The normalized spacial score (nSPS) is 14.6. The number of aromatic nitrogens is 2. The average molecular weight is 321 g/mol. The fourth-order valence-corrected chi connectivity index (χ4v) is 2.90. The first-order valence-corrected chi connectivity index (χ1v) is 8.56. The van der Waals surface area contributed by atoms with Crippen molar-refractivity contribution >= 4 is 29.2 Å². The Bertz CT molecular complexity index is 551. The number of hydrogen-bond acceptors (Lipinski definition) is 6. The van der Waals surface area contributed by atoms with Crippen molar-refractivity contribution in [3.63, 3.8) is 0 Å². The molecule has 2 rings (SSSR count). The zero-order valence-corrected chi connectivity index (χ0v) is 14.2. The van der Waals surface area contributed by atoms with Gasteiger partial charge in [-0.2, -0.15) is 5.10 Å². The van der Waals surface area contributed by atoms with Crippen LogP contribution in [0.5, 0.6) is 0 Å². The van der Waals surface area contributed by atoms with Crippen molar-refractivity contribution in [1.29, 1.82) is 0 Å². The van der Waals surface area contributed by atoms with Crippen LogP contribution in [-0.4, -0.2) is 40.4 Å². The largest absolute Gasteiger partial charge is 0.356 e. The number of hydrazone groups is 1. The molecular formula is C15H23N5OS. The number of thioether (sulfide) groups is 1. The molecule has 1 aromatic heterocycles. The number of nitrogens with zero attached hydrogens (tertiary/aromatic N) is 4. The van der Waals surface area contributed by atoms with E-state index in [0.29, 0.717) is 5.16 Å². The predicted octanol–water partition coefficient (Wildman–Crippen LogP) is 2.38. The van der Waals surface area contributed by atoms with Gasteiger partial charge < -0.3 is 4.90 Å². The Morgan fingerprint density at radius 1 is 1.32 bits per heavy atom. The monoisotopic (exact) mass is 321 g/mol. The maximum Gasteiger partial charge on any atom is 0.250 e. The summed E-state index contributed by atoms with van der Waals surface area (Å²) in [6.45, 7) is 7.73. The van der Waals surface area contributed by atoms with Crippen molar-refractivity contribution in [2.45, 2.75) is 45.2 Å². The number of nitrogens with one attached hydrogen (secondary N) is 1. The van der Waals surface area contributed by atoms with E-state index in [4.69, 9.17) is 0 Å². The average Bonchev–Trinajstić information content (AvgIpc) is 2.51. The van der Waals surface area contributed by atoms with Gasteiger partial charge in [0.2, 0.25) is 0 Å². The first-order valence-electron chi connectivity index (χ1n) is 7.58. The second kappa shape index (κ2) is 8.12. The standard InChI is InChI=1S/C15H23N5OS/c1-11(2)18-19-14(21)10-22-15-16-12(3)9-13(17-15)20-7-5-4-6-8-20/h9H,4-8,10H2,1-3H3,(H,19,21). The Morgan fingerprint density at radius 3 is 2.73 bits per heavy atom. The minimum atomic E-state index is -0.143. The van der Waals surface area contributed by atoms with Crippen LogP contribution < -0.4 is 10.3 Å². The number of hydrogen-bond donors (Lipinski definition) is 1. The third-order valence-electron chi connectivity index (χ3n) is 3.24. The number of aryl methyl sites for hydroxylation is 1. The summed E-state index contributed by atoms with van der Waals surface area (Å²) in [5.74, 6) is 1.09. The van der Waals surface area contributed by atoms with E-state index in [-0.39, 0.29) is 11.7 Å². The predicted molar refractivity (Wildman–Crippen MR) is 90.5 cm³/mol. The highest BCUT2D eigenvalue weighted by Crippen LogP contribution is 2.22. The summed E-state index contributed by atoms with van der Waals surface area (Å²) >= 11 is 1.34. The lowest BCUT2D eigenvalue weighted by Crippen LogP contribution is -2.30. The van der Waals surface area contributed by atoms with Crippen LogP contribution in [0.3, 0.4) is 0 Å². The molecule has 1 fully saturated rings. The molecule has 120 valence electrons. The zero-order valence-electron chi connectivity index (χ0n) is 13.4. The van der Waals surface area contributed by atoms with Crippen LogP contribution >= 0.6 is 11.8 Å². The Morgan fingerprint density at radius 2 is 2.05 bits per heavy atom. The third-order valence-corrected chi connectivity index (χ3v) is 4.08. The summed E-state index contributed by atoms with van der Waals surface area (Å²) in [6.07, 6.45) is 3.71. The molecule has 22 heavy (non-hydrogen) atoms. The Kier molecular flexibility index (Phi) is 6.18. The molecule has 0 atom stereocenters. The van der Waals surface area contributed by atoms with E-state index < -0.39 is 0 Å². The highest BCUT2D eigenvalue weighted by Gasteiger charge is 2.14. The van der Waals surface area contributed by atoms with Crippen molar-refractivity contribution in [2.75, 3.05) is 23.7 Å². The van der Waals surface area contributed by atoms with Crippen LogP contribution in [0.4, 0.5) is 5.82 Å². The lowest BCUT2D eigenvalue weighted by molar-refractivity contribution is -0.118. The molecule has 1 amide bonds. The van der Waals surface area contributed by atoms with Crippen molar-refractivity contribution in [3.8, 4) is 0 Å². The Hall–Kier alpha value is -1.63. The minimum absolute atomic E-state index is 0.143. The molecule has 1 aliphatic rings. The molecule has 0 aliphatic carbocycles. The van der Waals surface area contributed by atoms with E-state index in [1.165, 1.54) is 31.0 Å². The van der Waals surface area contributed by atoms with Gasteiger partial charge in [-0.25, -0.2) is 15.4 Å². The van der Waals surface area contributed by atoms with Crippen LogP contribution in [0.15, 0.2) is 16.3 Å². The van der Waals surface area contributed by atoms with Gasteiger partial charge in [0.1, 0.15) is 5.82 Å². The second-order valence-electron chi connectivity index (χ2n) is 5.58. The first kappa shape index (κ1) is 16.7. The fourth-order valence-electron chi connectivity index (χ4n) is 2.21. The van der Waals surface area contributed by atoms with Crippen LogP contribution in [0.2, 0.25) is 0 Å². The molecule has 0 aromatic carbocycles. The molecule has 7 heteroatoms. The molecule has 0 saturated carbocycles. The van der Waals surface area contributed by atoms with Gasteiger partial charge in [0, 0.05) is 30.6 Å². The SMILES string of the molecule is CC(C)=NNC(=O)CSc1nc(C)cc(N2CCCCC2)n1. The molecule has 0 unspecified atom stereocenters. The fraction of sp³-hybridized carbons (Fsp3) is 0.600. The number of carbonyl (C=O) groups excluding carboxylic acids is 1. The Labute approximate surface area is 135 Å². The Balaban J connectivity index is 1.97. The molecule has 2 heterocycles. The minimum Gasteiger partial charge on any atom is -0.356 e. The van der Waals surface area contributed by atoms with Gasteiger partial charge in [-0.1, -0.05) is 11.8 Å². The summed E-state index contributed by atoms with van der Waals surface area (Å²) in [5, 5.41) is 4.55. The quantitative estimate of drug-likeness (QED) is 0.390. The van der Waals surface area contributed by atoms with Gasteiger partial charge in [-0.3, -0.25) is 4.79 Å². The number of rotatable bonds is 5. The van der Waals surface area contributed by atoms with Crippen molar-refractivity contribution in [1.82, 2.24) is 15.4 Å². The molecule has 1 saturated heterocycles. The molecule has 0 spiro atoms. The van der Waals surface area contributed by atoms with Crippen LogP contribution in [0, 0.1) is 6.92 Å². The summed E-state index contributed by atoms with van der Waals surface area (Å²) in [7, 11) is 0. The molecular weight excluding hydrogens is 298 g/mol. The van der Waals surface area contributed by atoms with E-state index in [1.54, 1.807) is 0 Å². The maximum absolute atomic E-state index is 11.7. The highest BCUT2D eigenvalue weighted by atomic mass is 32.2. The van der Waals surface area contributed by atoms with E-state index in [1.807, 2.05) is 26.8 Å². The molecule has 1 aliphatic heterocycles. The van der Waals surface area contributed by atoms with Gasteiger partial charge in [-0.15, -0.1) is 0 Å². The maximum atomic E-state index is 11.7. The van der Waals surface area contributed by atoms with E-state index >= 15 is 0 Å². The lowest BCUT2D eigenvalue weighted by Gasteiger charge is -2.28. The van der Waals surface area contributed by atoms with E-state index in [0.717, 1.165) is 30.3 Å². The lowest BCUT2D eigenvalue weighted by atomic mass is 10.1. The molecule has 0 bridgehead atoms. The number of anilines is 1. The summed E-state index contributed by atoms with van der Waals surface area (Å²) in [4.78, 5) is 23.0. The van der Waals surface area contributed by atoms with Gasteiger partial charge in [-0.05, 0) is 40.0 Å². The van der Waals surface area contributed by atoms with Gasteiger partial charge in [0.15, 0.2) is 5.16 Å². The molecule has 1 N–H and O–H groups in total. The van der Waals surface area contributed by atoms with Gasteiger partial charge in [0.25, 0.3) is 5.91 Å². The van der Waals surface area contributed by atoms with E-state index in [9.17, 15) is 4.79 Å². The van der Waals surface area contributed by atoms with Crippen molar-refractivity contribution in [2.24, 2.45) is 5.10 Å². The first-order chi connectivity index (χ1) is 10.5. The topological polar surface area (TPSA) is 70.5 Å². The number of carbonyl (C=O) groups is 1. The third kappa shape index (κ3) is 5.29. The summed E-state index contributed by atoms with van der Waals surface area (Å²) < 4.78 is 0. The molecule has 0 radical (unpaired) electrons. The number of amides is 1. The van der Waals surface area contributed by atoms with Crippen LogP contribution in [-0.2, 0) is 4.79 Å². The highest BCUT2D eigenvalue weighted by molar-refractivity contribution is 7.99. The molecule has 1 aromatic rings. The van der Waals surface area contributed by atoms with Gasteiger partial charge >= 0.3 is 0 Å². The summed E-state index contributed by atoms with van der Waals surface area (Å²) in [5.41, 5.74) is 4.26. The van der Waals surface area contributed by atoms with Crippen LogP contribution in [0.1, 0.15) is 38.8 Å². The zero-order chi connectivity index (χ0) is 15.9. The second-order valence-corrected chi connectivity index (χ2v) is 6.52. The summed E-state index contributed by atoms with van der Waals surface area (Å²) in [6, 6.07) is 2.01. The van der Waals surface area contributed by atoms with Crippen LogP contribution in [0.25, 0.3) is 0 Å². The molecule has 6 nitrogen and oxygen atoms in total. The number of piperidine rings is 1.